The number of anilines is 1. The van der Waals surface area contributed by atoms with Gasteiger partial charge in [-0.2, -0.15) is 13.2 Å². The van der Waals surface area contributed by atoms with Crippen molar-refractivity contribution in [2.24, 2.45) is 0 Å². The lowest BCUT2D eigenvalue weighted by atomic mass is 10.1. The number of aromatic nitrogens is 4. The number of unbranched alkanes of at least 4 members (excludes halogenated alkanes) is 1. The smallest absolute Gasteiger partial charge is 0.420 e. The van der Waals surface area contributed by atoms with Gasteiger partial charge in [-0.25, -0.2) is 4.98 Å². The van der Waals surface area contributed by atoms with Gasteiger partial charge in [0.25, 0.3) is 5.91 Å². The molecule has 0 radical (unpaired) electrons. The van der Waals surface area contributed by atoms with Crippen LogP contribution >= 0.6 is 11.6 Å². The number of ether oxygens (including phenoxy) is 1. The van der Waals surface area contributed by atoms with E-state index in [2.05, 4.69) is 25.8 Å². The molecule has 2 aromatic carbocycles. The summed E-state index contributed by atoms with van der Waals surface area (Å²) in [4.78, 5) is 16.7. The molecule has 0 unspecified atom stereocenters. The Morgan fingerprint density at radius 1 is 1.14 bits per heavy atom. The zero-order valence-corrected chi connectivity index (χ0v) is 19.7. The maximum absolute atomic E-state index is 13.5. The molecular formula is C23H22ClF3N6O2. The van der Waals surface area contributed by atoms with Gasteiger partial charge in [0.2, 0.25) is 5.65 Å². The molecule has 35 heavy (non-hydrogen) atoms. The van der Waals surface area contributed by atoms with E-state index >= 15 is 0 Å². The van der Waals surface area contributed by atoms with E-state index in [-0.39, 0.29) is 17.2 Å². The number of rotatable bonds is 8. The lowest BCUT2D eigenvalue weighted by molar-refractivity contribution is -0.138. The molecule has 0 saturated carbocycles. The summed E-state index contributed by atoms with van der Waals surface area (Å²) < 4.78 is 47.0. The number of benzene rings is 2. The molecule has 184 valence electrons. The van der Waals surface area contributed by atoms with Crippen molar-refractivity contribution in [2.45, 2.75) is 25.9 Å². The van der Waals surface area contributed by atoms with E-state index in [4.69, 9.17) is 16.3 Å². The molecule has 0 saturated heterocycles. The van der Waals surface area contributed by atoms with Crippen LogP contribution in [0.25, 0.3) is 16.7 Å². The number of amides is 1. The van der Waals surface area contributed by atoms with Crippen molar-refractivity contribution in [1.82, 2.24) is 24.9 Å². The van der Waals surface area contributed by atoms with Gasteiger partial charge in [0.05, 0.1) is 34.3 Å². The van der Waals surface area contributed by atoms with E-state index in [1.807, 2.05) is 0 Å². The maximum atomic E-state index is 13.5. The fourth-order valence-electron chi connectivity index (χ4n) is 3.71. The summed E-state index contributed by atoms with van der Waals surface area (Å²) in [5.74, 6) is 0.256. The van der Waals surface area contributed by atoms with Crippen molar-refractivity contribution in [3.8, 4) is 5.75 Å². The number of aryl methyl sites for hydroxylation is 1. The highest BCUT2D eigenvalue weighted by atomic mass is 35.5. The Labute approximate surface area is 203 Å². The molecule has 1 amide bonds. The Balaban J connectivity index is 1.46. The van der Waals surface area contributed by atoms with Crippen LogP contribution in [-0.4, -0.2) is 45.7 Å². The highest BCUT2D eigenvalue weighted by Gasteiger charge is 2.35. The number of nitrogens with zero attached hydrogens (tertiary/aromatic N) is 4. The van der Waals surface area contributed by atoms with E-state index in [0.29, 0.717) is 59.3 Å². The minimum absolute atomic E-state index is 0.225. The monoisotopic (exact) mass is 506 g/mol. The van der Waals surface area contributed by atoms with Crippen molar-refractivity contribution >= 4 is 40.0 Å². The topological polar surface area (TPSA) is 93.4 Å². The Kier molecular flexibility index (Phi) is 6.97. The van der Waals surface area contributed by atoms with Crippen LogP contribution < -0.4 is 15.4 Å². The second kappa shape index (κ2) is 9.95. The Morgan fingerprint density at radius 3 is 2.60 bits per heavy atom. The Morgan fingerprint density at radius 2 is 1.89 bits per heavy atom. The molecule has 0 bridgehead atoms. The van der Waals surface area contributed by atoms with E-state index in [1.165, 1.54) is 17.6 Å². The van der Waals surface area contributed by atoms with Crippen molar-refractivity contribution in [1.29, 1.82) is 0 Å². The van der Waals surface area contributed by atoms with E-state index in [0.717, 1.165) is 6.07 Å². The molecule has 8 nitrogen and oxygen atoms in total. The van der Waals surface area contributed by atoms with Crippen molar-refractivity contribution in [3.63, 3.8) is 0 Å². The second-order valence-electron chi connectivity index (χ2n) is 7.78. The van der Waals surface area contributed by atoms with Crippen molar-refractivity contribution < 1.29 is 22.7 Å². The molecule has 0 aliphatic rings. The van der Waals surface area contributed by atoms with E-state index in [1.54, 1.807) is 31.2 Å². The molecule has 4 rings (SSSR count). The molecule has 12 heteroatoms. The number of nitrogens with one attached hydrogen (secondary N) is 2. The molecule has 0 aliphatic heterocycles. The zero-order chi connectivity index (χ0) is 25.2. The number of carbonyl (C=O) groups is 1. The lowest BCUT2D eigenvalue weighted by Gasteiger charge is -2.15. The van der Waals surface area contributed by atoms with E-state index < -0.39 is 11.7 Å². The third kappa shape index (κ3) is 5.09. The summed E-state index contributed by atoms with van der Waals surface area (Å²) in [7, 11) is 1.18. The molecule has 2 aromatic heterocycles. The van der Waals surface area contributed by atoms with Crippen LogP contribution in [0.3, 0.4) is 0 Å². The summed E-state index contributed by atoms with van der Waals surface area (Å²) in [5.41, 5.74) is 0.369. The van der Waals surface area contributed by atoms with Gasteiger partial charge in [-0.05, 0) is 38.0 Å². The highest BCUT2D eigenvalue weighted by Crippen LogP contribution is 2.39. The first-order valence-corrected chi connectivity index (χ1v) is 11.2. The SMILES string of the molecule is COc1cc2nc(NCCCCNC(=O)c3ccccc3Cl)c3nnc(C)n3c2cc1C(F)(F)F. The number of alkyl halides is 3. The summed E-state index contributed by atoms with van der Waals surface area (Å²) in [6.07, 6.45) is -3.22. The number of halogens is 4. The molecule has 4 aromatic rings. The largest absolute Gasteiger partial charge is 0.496 e. The fraction of sp³-hybridized carbons (Fsp3) is 0.304. The van der Waals surface area contributed by atoms with Crippen LogP contribution in [0.1, 0.15) is 34.6 Å². The molecule has 2 N–H and O–H groups in total. The number of hydrogen-bond donors (Lipinski definition) is 2. The van der Waals surface area contributed by atoms with Gasteiger partial charge in [-0.3, -0.25) is 9.20 Å². The quantitative estimate of drug-likeness (QED) is 0.331. The van der Waals surface area contributed by atoms with Gasteiger partial charge < -0.3 is 15.4 Å². The fourth-order valence-corrected chi connectivity index (χ4v) is 3.93. The minimum atomic E-state index is -4.59. The van der Waals surface area contributed by atoms with Crippen LogP contribution in [0.15, 0.2) is 36.4 Å². The summed E-state index contributed by atoms with van der Waals surface area (Å²) >= 11 is 6.04. The standard InChI is InChI=1S/C23H22ClF3N6O2/c1-13-31-32-21-20(28-9-5-6-10-29-22(34)14-7-3-4-8-16(14)24)30-17-12-19(35-2)15(23(25,26)27)11-18(17)33(13)21/h3-4,7-8,11-12H,5-6,9-10H2,1-2H3,(H,28,30)(H,29,34). The van der Waals surface area contributed by atoms with E-state index in [9.17, 15) is 18.0 Å². The third-order valence-electron chi connectivity index (χ3n) is 5.41. The van der Waals surface area contributed by atoms with Crippen LogP contribution in [-0.2, 0) is 6.18 Å². The minimum Gasteiger partial charge on any atom is -0.496 e. The predicted octanol–water partition coefficient (Wildman–Crippen LogP) is 4.89. The Hall–Kier alpha value is -3.60. The normalized spacial score (nSPS) is 11.7. The first kappa shape index (κ1) is 24.5. The van der Waals surface area contributed by atoms with Gasteiger partial charge in [-0.1, -0.05) is 23.7 Å². The van der Waals surface area contributed by atoms with Crippen LogP contribution in [0.5, 0.6) is 5.75 Å². The Bertz CT molecular complexity index is 1390. The number of methoxy groups -OCH3 is 1. The first-order chi connectivity index (χ1) is 16.7. The summed E-state index contributed by atoms with van der Waals surface area (Å²) in [6, 6.07) is 9.06. The first-order valence-electron chi connectivity index (χ1n) is 10.8. The zero-order valence-electron chi connectivity index (χ0n) is 18.9. The van der Waals surface area contributed by atoms with Crippen molar-refractivity contribution in [3.05, 3.63) is 58.4 Å². The van der Waals surface area contributed by atoms with Crippen molar-refractivity contribution in [2.75, 3.05) is 25.5 Å². The maximum Gasteiger partial charge on any atom is 0.420 e. The predicted molar refractivity (Wildman–Crippen MR) is 126 cm³/mol. The van der Waals surface area contributed by atoms with Gasteiger partial charge >= 0.3 is 6.18 Å². The molecule has 0 atom stereocenters. The molecule has 0 fully saturated rings. The highest BCUT2D eigenvalue weighted by molar-refractivity contribution is 6.33. The average Bonchev–Trinajstić information content (AvgIpc) is 3.21. The van der Waals surface area contributed by atoms with Gasteiger partial charge in [0, 0.05) is 19.2 Å². The second-order valence-corrected chi connectivity index (χ2v) is 8.18. The molecular weight excluding hydrogens is 485 g/mol. The summed E-state index contributed by atoms with van der Waals surface area (Å²) in [5, 5.41) is 14.5. The molecule has 0 spiro atoms. The number of fused-ring (bicyclic) bond motifs is 3. The summed E-state index contributed by atoms with van der Waals surface area (Å²) in [6.45, 7) is 2.61. The van der Waals surface area contributed by atoms with Gasteiger partial charge in [0.15, 0.2) is 5.82 Å². The van der Waals surface area contributed by atoms with Gasteiger partial charge in [-0.15, -0.1) is 10.2 Å². The number of carbonyl (C=O) groups excluding carboxylic acids is 1. The molecule has 0 aliphatic carbocycles. The lowest BCUT2D eigenvalue weighted by Crippen LogP contribution is -2.25. The van der Waals surface area contributed by atoms with Crippen LogP contribution in [0.4, 0.5) is 19.0 Å². The number of hydrogen-bond acceptors (Lipinski definition) is 6. The van der Waals surface area contributed by atoms with Crippen LogP contribution in [0, 0.1) is 6.92 Å². The third-order valence-corrected chi connectivity index (χ3v) is 5.74. The average molecular weight is 507 g/mol. The molecule has 2 heterocycles. The van der Waals surface area contributed by atoms with Gasteiger partial charge in [0.1, 0.15) is 11.6 Å². The van der Waals surface area contributed by atoms with Crippen LogP contribution in [0.2, 0.25) is 5.02 Å².